The number of rotatable bonds is 7. The molecule has 1 aliphatic heterocycles. The van der Waals surface area contributed by atoms with Crippen molar-refractivity contribution in [3.05, 3.63) is 48.0 Å². The van der Waals surface area contributed by atoms with Crippen LogP contribution in [-0.4, -0.2) is 66.3 Å². The molecule has 0 aromatic heterocycles. The number of sulfonamides is 1. The molecule has 0 aliphatic carbocycles. The van der Waals surface area contributed by atoms with Crippen molar-refractivity contribution in [2.75, 3.05) is 51.4 Å². The normalized spacial score (nSPS) is 14.3. The number of carbonyl (C=O) groups is 1. The van der Waals surface area contributed by atoms with Crippen molar-refractivity contribution in [1.29, 1.82) is 0 Å². The van der Waals surface area contributed by atoms with Crippen LogP contribution in [-0.2, 0) is 19.6 Å². The van der Waals surface area contributed by atoms with Gasteiger partial charge in [-0.25, -0.2) is 8.42 Å². The average Bonchev–Trinajstić information content (AvgIpc) is 2.77. The first kappa shape index (κ1) is 21.9. The molecule has 1 amide bonds. The van der Waals surface area contributed by atoms with Crippen LogP contribution < -0.4 is 13.8 Å². The molecule has 8 nitrogen and oxygen atoms in total. The van der Waals surface area contributed by atoms with Gasteiger partial charge in [-0.15, -0.1) is 0 Å². The largest absolute Gasteiger partial charge is 0.497 e. The Hall–Kier alpha value is -2.78. The highest BCUT2D eigenvalue weighted by molar-refractivity contribution is 7.92. The first-order valence-corrected chi connectivity index (χ1v) is 11.0. The molecular weight excluding hydrogens is 408 g/mol. The molecule has 2 aromatic carbocycles. The molecule has 0 bridgehead atoms. The van der Waals surface area contributed by atoms with E-state index in [-0.39, 0.29) is 23.0 Å². The number of amides is 1. The predicted octanol–water partition coefficient (Wildman–Crippen LogP) is 2.07. The average molecular weight is 435 g/mol. The van der Waals surface area contributed by atoms with Gasteiger partial charge < -0.3 is 19.1 Å². The number of ether oxygens (including phenoxy) is 3. The summed E-state index contributed by atoms with van der Waals surface area (Å²) >= 11 is 0. The smallest absolute Gasteiger partial charge is 0.264 e. The van der Waals surface area contributed by atoms with Crippen molar-refractivity contribution in [3.63, 3.8) is 0 Å². The third-order valence-electron chi connectivity index (χ3n) is 4.91. The van der Waals surface area contributed by atoms with E-state index in [4.69, 9.17) is 14.2 Å². The molecule has 30 heavy (non-hydrogen) atoms. The fourth-order valence-corrected chi connectivity index (χ4v) is 4.59. The zero-order valence-corrected chi connectivity index (χ0v) is 18.1. The molecule has 0 atom stereocenters. The van der Waals surface area contributed by atoms with Crippen molar-refractivity contribution in [2.24, 2.45) is 0 Å². The lowest BCUT2D eigenvalue weighted by atomic mass is 10.2. The number of benzene rings is 2. The predicted molar refractivity (Wildman–Crippen MR) is 113 cm³/mol. The summed E-state index contributed by atoms with van der Waals surface area (Å²) in [6, 6.07) is 11.3. The van der Waals surface area contributed by atoms with E-state index in [0.717, 1.165) is 9.87 Å². The second kappa shape index (κ2) is 9.36. The number of aryl methyl sites for hydroxylation is 1. The van der Waals surface area contributed by atoms with Crippen LogP contribution in [0.3, 0.4) is 0 Å². The molecule has 0 spiro atoms. The van der Waals surface area contributed by atoms with Crippen LogP contribution in [0.25, 0.3) is 0 Å². The lowest BCUT2D eigenvalue weighted by molar-refractivity contribution is -0.133. The maximum Gasteiger partial charge on any atom is 0.264 e. The molecule has 2 aromatic rings. The Morgan fingerprint density at radius 1 is 1.07 bits per heavy atom. The highest BCUT2D eigenvalue weighted by atomic mass is 32.2. The third-order valence-corrected chi connectivity index (χ3v) is 6.68. The maximum absolute atomic E-state index is 13.5. The minimum absolute atomic E-state index is 0.0979. The second-order valence-electron chi connectivity index (χ2n) is 6.86. The van der Waals surface area contributed by atoms with Crippen LogP contribution in [0.2, 0.25) is 0 Å². The lowest BCUT2D eigenvalue weighted by Gasteiger charge is -2.31. The van der Waals surface area contributed by atoms with Gasteiger partial charge in [-0.1, -0.05) is 17.7 Å². The SMILES string of the molecule is COc1ccc(N(CC(=O)N2CCOCC2)S(=O)(=O)c2ccc(C)cc2)c(OC)c1. The number of hydrogen-bond acceptors (Lipinski definition) is 6. The Morgan fingerprint density at radius 2 is 1.73 bits per heavy atom. The third kappa shape index (κ3) is 4.68. The molecule has 1 fully saturated rings. The van der Waals surface area contributed by atoms with E-state index in [0.29, 0.717) is 37.8 Å². The van der Waals surface area contributed by atoms with Gasteiger partial charge in [-0.05, 0) is 31.2 Å². The van der Waals surface area contributed by atoms with Crippen molar-refractivity contribution in [2.45, 2.75) is 11.8 Å². The fraction of sp³-hybridized carbons (Fsp3) is 0.381. The summed E-state index contributed by atoms with van der Waals surface area (Å²) in [5.74, 6) is 0.509. The van der Waals surface area contributed by atoms with Crippen molar-refractivity contribution in [1.82, 2.24) is 4.90 Å². The summed E-state index contributed by atoms with van der Waals surface area (Å²) in [6.07, 6.45) is 0. The molecule has 162 valence electrons. The molecule has 0 radical (unpaired) electrons. The van der Waals surface area contributed by atoms with E-state index < -0.39 is 10.0 Å². The van der Waals surface area contributed by atoms with Gasteiger partial charge in [-0.2, -0.15) is 0 Å². The Kier molecular flexibility index (Phi) is 6.84. The summed E-state index contributed by atoms with van der Waals surface area (Å²) in [5, 5.41) is 0. The highest BCUT2D eigenvalue weighted by Crippen LogP contribution is 2.35. The van der Waals surface area contributed by atoms with Gasteiger partial charge in [0.2, 0.25) is 5.91 Å². The lowest BCUT2D eigenvalue weighted by Crippen LogP contribution is -2.47. The Balaban J connectivity index is 2.04. The zero-order valence-electron chi connectivity index (χ0n) is 17.3. The number of carbonyl (C=O) groups excluding carboxylic acids is 1. The van der Waals surface area contributed by atoms with E-state index in [2.05, 4.69) is 0 Å². The zero-order chi connectivity index (χ0) is 21.7. The van der Waals surface area contributed by atoms with E-state index in [1.54, 1.807) is 35.2 Å². The van der Waals surface area contributed by atoms with Gasteiger partial charge in [0.15, 0.2) is 0 Å². The van der Waals surface area contributed by atoms with Crippen molar-refractivity contribution < 1.29 is 27.4 Å². The highest BCUT2D eigenvalue weighted by Gasteiger charge is 2.31. The quantitative estimate of drug-likeness (QED) is 0.663. The monoisotopic (exact) mass is 434 g/mol. The number of anilines is 1. The summed E-state index contributed by atoms with van der Waals surface area (Å²) in [6.45, 7) is 3.25. The van der Waals surface area contributed by atoms with Gasteiger partial charge in [0, 0.05) is 19.2 Å². The minimum atomic E-state index is -4.02. The first-order chi connectivity index (χ1) is 14.4. The standard InChI is InChI=1S/C21H26N2O6S/c1-16-4-7-18(8-5-16)30(25,26)23(15-21(24)22-10-12-29-13-11-22)19-9-6-17(27-2)14-20(19)28-3/h4-9,14H,10-13,15H2,1-3H3. The summed E-state index contributed by atoms with van der Waals surface area (Å²) < 4.78 is 44.1. The first-order valence-electron chi connectivity index (χ1n) is 9.54. The number of hydrogen-bond donors (Lipinski definition) is 0. The molecule has 9 heteroatoms. The van der Waals surface area contributed by atoms with Crippen molar-refractivity contribution in [3.8, 4) is 11.5 Å². The van der Waals surface area contributed by atoms with Crippen LogP contribution in [0.5, 0.6) is 11.5 Å². The summed E-state index contributed by atoms with van der Waals surface area (Å²) in [4.78, 5) is 14.6. The molecule has 3 rings (SSSR count). The molecule has 0 saturated carbocycles. The van der Waals surface area contributed by atoms with Crippen LogP contribution in [0.1, 0.15) is 5.56 Å². The Bertz CT molecular complexity index is 985. The fourth-order valence-electron chi connectivity index (χ4n) is 3.16. The summed E-state index contributed by atoms with van der Waals surface area (Å²) in [5.41, 5.74) is 1.20. The van der Waals surface area contributed by atoms with Gasteiger partial charge in [0.1, 0.15) is 18.0 Å². The number of morpholine rings is 1. The molecule has 0 N–H and O–H groups in total. The van der Waals surface area contributed by atoms with Gasteiger partial charge in [0.05, 0.1) is 38.0 Å². The second-order valence-corrected chi connectivity index (χ2v) is 8.72. The van der Waals surface area contributed by atoms with Crippen LogP contribution in [0.15, 0.2) is 47.4 Å². The molecule has 1 aliphatic rings. The minimum Gasteiger partial charge on any atom is -0.497 e. The molecule has 0 unspecified atom stereocenters. The molecule has 1 heterocycles. The van der Waals surface area contributed by atoms with E-state index in [1.165, 1.54) is 26.4 Å². The van der Waals surface area contributed by atoms with E-state index >= 15 is 0 Å². The molecule has 1 saturated heterocycles. The topological polar surface area (TPSA) is 85.4 Å². The number of methoxy groups -OCH3 is 2. The summed E-state index contributed by atoms with van der Waals surface area (Å²) in [7, 11) is -1.07. The maximum atomic E-state index is 13.5. The van der Waals surface area contributed by atoms with Crippen LogP contribution in [0, 0.1) is 6.92 Å². The van der Waals surface area contributed by atoms with Gasteiger partial charge in [0.25, 0.3) is 10.0 Å². The van der Waals surface area contributed by atoms with Gasteiger partial charge in [-0.3, -0.25) is 9.10 Å². The number of nitrogens with zero attached hydrogens (tertiary/aromatic N) is 2. The molecular formula is C21H26N2O6S. The van der Waals surface area contributed by atoms with Crippen molar-refractivity contribution >= 4 is 21.6 Å². The van der Waals surface area contributed by atoms with Crippen LogP contribution >= 0.6 is 0 Å². The van der Waals surface area contributed by atoms with E-state index in [1.807, 2.05) is 6.92 Å². The van der Waals surface area contributed by atoms with Crippen LogP contribution in [0.4, 0.5) is 5.69 Å². The van der Waals surface area contributed by atoms with E-state index in [9.17, 15) is 13.2 Å². The Morgan fingerprint density at radius 3 is 2.33 bits per heavy atom. The van der Waals surface area contributed by atoms with Gasteiger partial charge >= 0.3 is 0 Å². The Labute approximate surface area is 177 Å².